The molecule has 2 rings (SSSR count). The molecule has 0 aliphatic rings. The average Bonchev–Trinajstić information content (AvgIpc) is 3.04. The zero-order valence-electron chi connectivity index (χ0n) is 14.0. The molecular weight excluding hydrogens is 308 g/mol. The molecule has 0 radical (unpaired) electrons. The highest BCUT2D eigenvalue weighted by molar-refractivity contribution is 5.91. The number of carbonyl (C=O) groups excluding carboxylic acids is 2. The molecule has 0 aliphatic carbocycles. The maximum Gasteiger partial charge on any atom is 0.408 e. The molecule has 128 valence electrons. The lowest BCUT2D eigenvalue weighted by molar-refractivity contribution is 0.0500. The van der Waals surface area contributed by atoms with Gasteiger partial charge in [0.15, 0.2) is 5.76 Å². The van der Waals surface area contributed by atoms with Crippen LogP contribution in [0.5, 0.6) is 0 Å². The second kappa shape index (κ2) is 7.68. The van der Waals surface area contributed by atoms with Crippen molar-refractivity contribution in [3.8, 4) is 0 Å². The van der Waals surface area contributed by atoms with Crippen molar-refractivity contribution in [3.63, 3.8) is 0 Å². The summed E-state index contributed by atoms with van der Waals surface area (Å²) >= 11 is 0. The summed E-state index contributed by atoms with van der Waals surface area (Å²) in [6.45, 7) is 5.59. The summed E-state index contributed by atoms with van der Waals surface area (Å²) in [4.78, 5) is 24.1. The van der Waals surface area contributed by atoms with Gasteiger partial charge in [-0.15, -0.1) is 0 Å². The van der Waals surface area contributed by atoms with Crippen molar-refractivity contribution in [1.82, 2.24) is 10.6 Å². The minimum Gasteiger partial charge on any atom is -0.459 e. The van der Waals surface area contributed by atoms with E-state index in [-0.39, 0.29) is 18.2 Å². The fourth-order valence-corrected chi connectivity index (χ4v) is 2.08. The Bertz CT molecular complexity index is 660. The second-order valence-electron chi connectivity index (χ2n) is 6.30. The van der Waals surface area contributed by atoms with Crippen molar-refractivity contribution in [2.75, 3.05) is 6.54 Å². The van der Waals surface area contributed by atoms with E-state index in [1.165, 1.54) is 6.26 Å². The molecule has 24 heavy (non-hydrogen) atoms. The molecule has 1 aromatic carbocycles. The van der Waals surface area contributed by atoms with Crippen LogP contribution in [0.2, 0.25) is 0 Å². The number of furan rings is 1. The Morgan fingerprint density at radius 1 is 1.12 bits per heavy atom. The summed E-state index contributed by atoms with van der Waals surface area (Å²) in [7, 11) is 0. The third kappa shape index (κ3) is 5.46. The van der Waals surface area contributed by atoms with E-state index >= 15 is 0 Å². The van der Waals surface area contributed by atoms with E-state index in [1.54, 1.807) is 32.9 Å². The van der Waals surface area contributed by atoms with Crippen LogP contribution < -0.4 is 10.6 Å². The summed E-state index contributed by atoms with van der Waals surface area (Å²) in [6, 6.07) is 12.2. The van der Waals surface area contributed by atoms with Gasteiger partial charge >= 0.3 is 6.09 Å². The van der Waals surface area contributed by atoms with E-state index in [0.717, 1.165) is 5.56 Å². The maximum atomic E-state index is 12.1. The van der Waals surface area contributed by atoms with Crippen LogP contribution in [-0.4, -0.2) is 24.1 Å². The van der Waals surface area contributed by atoms with Crippen molar-refractivity contribution in [3.05, 3.63) is 60.1 Å². The number of amides is 2. The monoisotopic (exact) mass is 330 g/mol. The highest BCUT2D eigenvalue weighted by atomic mass is 16.6. The zero-order chi connectivity index (χ0) is 17.6. The first-order chi connectivity index (χ1) is 11.3. The lowest BCUT2D eigenvalue weighted by Gasteiger charge is -2.24. The molecule has 1 atom stereocenters. The SMILES string of the molecule is CC(C)(C)OC(=O)N[C@H](CNC(=O)c1ccco1)c1ccccc1. The number of hydrogen-bond donors (Lipinski definition) is 2. The molecule has 0 saturated carbocycles. The first-order valence-corrected chi connectivity index (χ1v) is 7.71. The van der Waals surface area contributed by atoms with Crippen LogP contribution in [0.1, 0.15) is 42.9 Å². The summed E-state index contributed by atoms with van der Waals surface area (Å²) in [5.74, 6) is -0.119. The maximum absolute atomic E-state index is 12.1. The van der Waals surface area contributed by atoms with Crippen molar-refractivity contribution in [2.24, 2.45) is 0 Å². The summed E-state index contributed by atoms with van der Waals surface area (Å²) in [5, 5.41) is 5.53. The van der Waals surface area contributed by atoms with E-state index in [2.05, 4.69) is 10.6 Å². The largest absolute Gasteiger partial charge is 0.459 e. The number of ether oxygens (including phenoxy) is 1. The highest BCUT2D eigenvalue weighted by Gasteiger charge is 2.21. The molecule has 0 aliphatic heterocycles. The van der Waals surface area contributed by atoms with Crippen molar-refractivity contribution in [1.29, 1.82) is 0 Å². The minimum atomic E-state index is -0.595. The fourth-order valence-electron chi connectivity index (χ4n) is 2.08. The van der Waals surface area contributed by atoms with Gasteiger partial charge in [-0.25, -0.2) is 4.79 Å². The standard InChI is InChI=1S/C18H22N2O4/c1-18(2,3)24-17(22)20-14(13-8-5-4-6-9-13)12-19-16(21)15-10-7-11-23-15/h4-11,14H,12H2,1-3H3,(H,19,21)(H,20,22)/t14-/m1/s1. The van der Waals surface area contributed by atoms with Crippen molar-refractivity contribution in [2.45, 2.75) is 32.4 Å². The molecule has 0 fully saturated rings. The Labute approximate surface area is 141 Å². The summed E-state index contributed by atoms with van der Waals surface area (Å²) < 4.78 is 10.3. The third-order valence-electron chi connectivity index (χ3n) is 3.10. The third-order valence-corrected chi connectivity index (χ3v) is 3.10. The van der Waals surface area contributed by atoms with Gasteiger partial charge in [-0.2, -0.15) is 0 Å². The molecule has 2 aromatic rings. The van der Waals surface area contributed by atoms with Crippen LogP contribution >= 0.6 is 0 Å². The predicted octanol–water partition coefficient (Wildman–Crippen LogP) is 3.28. The number of benzene rings is 1. The lowest BCUT2D eigenvalue weighted by Crippen LogP contribution is -2.40. The number of rotatable bonds is 5. The molecule has 2 N–H and O–H groups in total. The minimum absolute atomic E-state index is 0.211. The van der Waals surface area contributed by atoms with Crippen LogP contribution in [-0.2, 0) is 4.74 Å². The second-order valence-corrected chi connectivity index (χ2v) is 6.30. The topological polar surface area (TPSA) is 80.6 Å². The van der Waals surface area contributed by atoms with Crippen LogP contribution in [0.25, 0.3) is 0 Å². The van der Waals surface area contributed by atoms with Gasteiger partial charge in [0.2, 0.25) is 0 Å². The summed E-state index contributed by atoms with van der Waals surface area (Å²) in [5.41, 5.74) is 0.269. The van der Waals surface area contributed by atoms with Crippen molar-refractivity contribution < 1.29 is 18.7 Å². The number of nitrogens with one attached hydrogen (secondary N) is 2. The van der Waals surface area contributed by atoms with Crippen LogP contribution in [0.3, 0.4) is 0 Å². The number of alkyl carbamates (subject to hydrolysis) is 1. The van der Waals surface area contributed by atoms with Gasteiger partial charge in [-0.05, 0) is 38.5 Å². The molecule has 2 amide bonds. The van der Waals surface area contributed by atoms with E-state index in [4.69, 9.17) is 9.15 Å². The Kier molecular flexibility index (Phi) is 5.63. The van der Waals surface area contributed by atoms with E-state index in [9.17, 15) is 9.59 Å². The summed E-state index contributed by atoms with van der Waals surface area (Å²) in [6.07, 6.45) is 0.895. The Morgan fingerprint density at radius 3 is 2.42 bits per heavy atom. The van der Waals surface area contributed by atoms with Gasteiger partial charge in [-0.1, -0.05) is 30.3 Å². The van der Waals surface area contributed by atoms with Gasteiger partial charge in [-0.3, -0.25) is 4.79 Å². The van der Waals surface area contributed by atoms with E-state index < -0.39 is 17.7 Å². The van der Waals surface area contributed by atoms with Crippen LogP contribution in [0.15, 0.2) is 53.1 Å². The molecule has 0 unspecified atom stereocenters. The Morgan fingerprint density at radius 2 is 1.83 bits per heavy atom. The highest BCUT2D eigenvalue weighted by Crippen LogP contribution is 2.14. The first-order valence-electron chi connectivity index (χ1n) is 7.71. The average molecular weight is 330 g/mol. The molecule has 0 spiro atoms. The number of carbonyl (C=O) groups is 2. The molecule has 1 aromatic heterocycles. The Hall–Kier alpha value is -2.76. The normalized spacial score (nSPS) is 12.3. The Balaban J connectivity index is 2.03. The van der Waals surface area contributed by atoms with Gasteiger partial charge in [0, 0.05) is 6.54 Å². The quantitative estimate of drug-likeness (QED) is 0.881. The van der Waals surface area contributed by atoms with Crippen LogP contribution in [0.4, 0.5) is 4.79 Å². The van der Waals surface area contributed by atoms with Gasteiger partial charge in [0.25, 0.3) is 5.91 Å². The van der Waals surface area contributed by atoms with Gasteiger partial charge < -0.3 is 19.8 Å². The zero-order valence-corrected chi connectivity index (χ0v) is 14.0. The molecule has 0 bridgehead atoms. The molecule has 1 heterocycles. The molecule has 6 heteroatoms. The lowest BCUT2D eigenvalue weighted by atomic mass is 10.1. The van der Waals surface area contributed by atoms with E-state index in [0.29, 0.717) is 0 Å². The van der Waals surface area contributed by atoms with Gasteiger partial charge in [0.1, 0.15) is 5.60 Å². The smallest absolute Gasteiger partial charge is 0.408 e. The molecular formula is C18H22N2O4. The molecule has 6 nitrogen and oxygen atoms in total. The predicted molar refractivity (Wildman–Crippen MR) is 89.6 cm³/mol. The van der Waals surface area contributed by atoms with Crippen molar-refractivity contribution >= 4 is 12.0 Å². The van der Waals surface area contributed by atoms with Gasteiger partial charge in [0.05, 0.1) is 12.3 Å². The molecule has 0 saturated heterocycles. The number of hydrogen-bond acceptors (Lipinski definition) is 4. The van der Waals surface area contributed by atoms with Crippen LogP contribution in [0, 0.1) is 0 Å². The first kappa shape index (κ1) is 17.6. The fraction of sp³-hybridized carbons (Fsp3) is 0.333. The van der Waals surface area contributed by atoms with E-state index in [1.807, 2.05) is 30.3 Å².